The molecule has 1 atom stereocenters. The molecule has 8 nitrogen and oxygen atoms in total. The lowest BCUT2D eigenvalue weighted by atomic mass is 10.1. The molecule has 2 aromatic carbocycles. The standard InChI is InChI=1S/C20H24N4O4S.HI/c25-24(26)19-8-6-17(7-9-19)14-22-20(23-18-11-13-29(27,28)15-18)21-12-10-16-4-2-1-3-5-16;/h1-9,18H,10-15H2,(H2,21,22,23);1H. The van der Waals surface area contributed by atoms with Gasteiger partial charge in [-0.1, -0.05) is 42.5 Å². The minimum atomic E-state index is -2.99. The van der Waals surface area contributed by atoms with Crippen LogP contribution in [0.15, 0.2) is 59.6 Å². The predicted octanol–water partition coefficient (Wildman–Crippen LogP) is 2.68. The van der Waals surface area contributed by atoms with E-state index in [-0.39, 0.29) is 47.2 Å². The predicted molar refractivity (Wildman–Crippen MR) is 128 cm³/mol. The Kier molecular flexibility index (Phi) is 9.03. The maximum Gasteiger partial charge on any atom is 0.269 e. The molecule has 0 aliphatic carbocycles. The van der Waals surface area contributed by atoms with E-state index in [0.717, 1.165) is 12.0 Å². The molecule has 0 spiro atoms. The summed E-state index contributed by atoms with van der Waals surface area (Å²) in [7, 11) is -2.99. The molecule has 0 bridgehead atoms. The summed E-state index contributed by atoms with van der Waals surface area (Å²) >= 11 is 0. The summed E-state index contributed by atoms with van der Waals surface area (Å²) in [5.74, 6) is 0.829. The third-order valence-corrected chi connectivity index (χ3v) is 6.46. The van der Waals surface area contributed by atoms with Crippen molar-refractivity contribution < 1.29 is 13.3 Å². The highest BCUT2D eigenvalue weighted by Gasteiger charge is 2.28. The lowest BCUT2D eigenvalue weighted by Gasteiger charge is -2.17. The van der Waals surface area contributed by atoms with E-state index in [9.17, 15) is 18.5 Å². The highest BCUT2D eigenvalue weighted by molar-refractivity contribution is 14.0. The van der Waals surface area contributed by atoms with Crippen LogP contribution in [0.25, 0.3) is 0 Å². The number of nitrogens with one attached hydrogen (secondary N) is 2. The third kappa shape index (κ3) is 7.56. The van der Waals surface area contributed by atoms with Crippen molar-refractivity contribution in [1.29, 1.82) is 0 Å². The Bertz CT molecular complexity index is 966. The van der Waals surface area contributed by atoms with E-state index >= 15 is 0 Å². The zero-order chi connectivity index (χ0) is 20.7. The smallest absolute Gasteiger partial charge is 0.269 e. The number of nitrogens with zero attached hydrogens (tertiary/aromatic N) is 2. The topological polar surface area (TPSA) is 114 Å². The van der Waals surface area contributed by atoms with Crippen molar-refractivity contribution in [3.05, 3.63) is 75.8 Å². The minimum Gasteiger partial charge on any atom is -0.356 e. The Hall–Kier alpha value is -2.21. The Labute approximate surface area is 193 Å². The quantitative estimate of drug-likeness (QED) is 0.182. The number of rotatable bonds is 7. The number of sulfone groups is 1. The van der Waals surface area contributed by atoms with Crippen LogP contribution < -0.4 is 10.6 Å². The van der Waals surface area contributed by atoms with Gasteiger partial charge in [0.1, 0.15) is 0 Å². The van der Waals surface area contributed by atoms with E-state index < -0.39 is 14.8 Å². The van der Waals surface area contributed by atoms with Crippen molar-refractivity contribution in [2.24, 2.45) is 4.99 Å². The highest BCUT2D eigenvalue weighted by Crippen LogP contribution is 2.13. The normalized spacial score (nSPS) is 17.7. The molecule has 3 rings (SSSR count). The Morgan fingerprint density at radius 1 is 1.10 bits per heavy atom. The molecule has 1 unspecified atom stereocenters. The first-order chi connectivity index (χ1) is 13.9. The molecular formula is C20H25IN4O4S. The number of nitro benzene ring substituents is 1. The maximum absolute atomic E-state index is 11.7. The first-order valence-corrected chi connectivity index (χ1v) is 11.3. The summed E-state index contributed by atoms with van der Waals surface area (Å²) in [5, 5.41) is 17.2. The van der Waals surface area contributed by atoms with Crippen molar-refractivity contribution in [2.75, 3.05) is 18.1 Å². The van der Waals surface area contributed by atoms with Crippen LogP contribution in [0.5, 0.6) is 0 Å². The van der Waals surface area contributed by atoms with Crippen LogP contribution in [0, 0.1) is 10.1 Å². The molecule has 0 saturated carbocycles. The van der Waals surface area contributed by atoms with Gasteiger partial charge in [-0.15, -0.1) is 24.0 Å². The van der Waals surface area contributed by atoms with Gasteiger partial charge >= 0.3 is 0 Å². The van der Waals surface area contributed by atoms with Crippen molar-refractivity contribution in [2.45, 2.75) is 25.4 Å². The van der Waals surface area contributed by atoms with Gasteiger partial charge in [-0.25, -0.2) is 13.4 Å². The van der Waals surface area contributed by atoms with Crippen LogP contribution in [-0.4, -0.2) is 43.4 Å². The molecule has 0 amide bonds. The summed E-state index contributed by atoms with van der Waals surface area (Å²) in [6.45, 7) is 0.980. The minimum absolute atomic E-state index is 0. The summed E-state index contributed by atoms with van der Waals surface area (Å²) < 4.78 is 23.5. The summed E-state index contributed by atoms with van der Waals surface area (Å²) in [5.41, 5.74) is 2.06. The van der Waals surface area contributed by atoms with E-state index in [0.29, 0.717) is 25.5 Å². The molecule has 2 aromatic rings. The van der Waals surface area contributed by atoms with Gasteiger partial charge in [-0.2, -0.15) is 0 Å². The number of hydrogen-bond donors (Lipinski definition) is 2. The van der Waals surface area contributed by atoms with Crippen molar-refractivity contribution in [3.8, 4) is 0 Å². The number of nitro groups is 1. The second-order valence-electron chi connectivity index (χ2n) is 7.00. The lowest BCUT2D eigenvalue weighted by molar-refractivity contribution is -0.384. The van der Waals surface area contributed by atoms with Crippen LogP contribution in [0.4, 0.5) is 5.69 Å². The molecule has 30 heavy (non-hydrogen) atoms. The van der Waals surface area contributed by atoms with Crippen molar-refractivity contribution in [3.63, 3.8) is 0 Å². The summed E-state index contributed by atoms with van der Waals surface area (Å²) in [4.78, 5) is 14.9. The zero-order valence-corrected chi connectivity index (χ0v) is 19.5. The molecule has 2 N–H and O–H groups in total. The number of hydrogen-bond acceptors (Lipinski definition) is 5. The van der Waals surface area contributed by atoms with E-state index in [1.165, 1.54) is 17.7 Å². The van der Waals surface area contributed by atoms with Crippen molar-refractivity contribution >= 4 is 45.5 Å². The van der Waals surface area contributed by atoms with Gasteiger partial charge in [0, 0.05) is 24.7 Å². The van der Waals surface area contributed by atoms with Crippen molar-refractivity contribution in [1.82, 2.24) is 10.6 Å². The highest BCUT2D eigenvalue weighted by atomic mass is 127. The molecule has 1 saturated heterocycles. The Morgan fingerprint density at radius 3 is 2.40 bits per heavy atom. The molecule has 0 radical (unpaired) electrons. The number of guanidine groups is 1. The molecule has 1 aliphatic rings. The van der Waals surface area contributed by atoms with Gasteiger partial charge in [0.2, 0.25) is 0 Å². The second kappa shape index (κ2) is 11.3. The largest absolute Gasteiger partial charge is 0.356 e. The van der Waals surface area contributed by atoms with Crippen LogP contribution in [0.1, 0.15) is 17.5 Å². The summed E-state index contributed by atoms with van der Waals surface area (Å²) in [6.07, 6.45) is 1.36. The number of aliphatic imine (C=N–C) groups is 1. The van der Waals surface area contributed by atoms with E-state index in [2.05, 4.69) is 15.6 Å². The van der Waals surface area contributed by atoms with E-state index in [4.69, 9.17) is 0 Å². The average molecular weight is 544 g/mol. The molecule has 1 fully saturated rings. The number of benzene rings is 2. The van der Waals surface area contributed by atoms with E-state index in [1.807, 2.05) is 30.3 Å². The zero-order valence-electron chi connectivity index (χ0n) is 16.4. The molecular weight excluding hydrogens is 519 g/mol. The fourth-order valence-corrected chi connectivity index (χ4v) is 4.79. The Balaban J connectivity index is 0.00000320. The van der Waals surface area contributed by atoms with E-state index in [1.54, 1.807) is 12.1 Å². The molecule has 0 aromatic heterocycles. The molecule has 1 heterocycles. The monoisotopic (exact) mass is 544 g/mol. The third-order valence-electron chi connectivity index (χ3n) is 4.69. The maximum atomic E-state index is 11.7. The second-order valence-corrected chi connectivity index (χ2v) is 9.22. The fraction of sp³-hybridized carbons (Fsp3) is 0.350. The van der Waals surface area contributed by atoms with Gasteiger partial charge in [0.25, 0.3) is 5.69 Å². The molecule has 10 heteroatoms. The van der Waals surface area contributed by atoms with Gasteiger partial charge < -0.3 is 10.6 Å². The van der Waals surface area contributed by atoms with Crippen LogP contribution >= 0.6 is 24.0 Å². The average Bonchev–Trinajstić information content (AvgIpc) is 3.05. The van der Waals surface area contributed by atoms with Gasteiger partial charge in [-0.05, 0) is 24.0 Å². The number of halogens is 1. The molecule has 162 valence electrons. The first kappa shape index (κ1) is 24.1. The lowest BCUT2D eigenvalue weighted by Crippen LogP contribution is -2.44. The van der Waals surface area contributed by atoms with Crippen LogP contribution in [0.3, 0.4) is 0 Å². The number of non-ortho nitro benzene ring substituents is 1. The SMILES string of the molecule is I.O=[N+]([O-])c1ccc(CN=C(NCCc2ccccc2)NC2CCS(=O)(=O)C2)cc1. The van der Waals surface area contributed by atoms with Crippen LogP contribution in [-0.2, 0) is 22.8 Å². The van der Waals surface area contributed by atoms with Gasteiger partial charge in [-0.3, -0.25) is 10.1 Å². The Morgan fingerprint density at radius 2 is 1.80 bits per heavy atom. The summed E-state index contributed by atoms with van der Waals surface area (Å²) in [6, 6.07) is 16.1. The first-order valence-electron chi connectivity index (χ1n) is 9.44. The van der Waals surface area contributed by atoms with Gasteiger partial charge in [0.05, 0.1) is 23.0 Å². The molecule has 1 aliphatic heterocycles. The fourth-order valence-electron chi connectivity index (χ4n) is 3.12. The van der Waals surface area contributed by atoms with Gasteiger partial charge in [0.15, 0.2) is 15.8 Å². The van der Waals surface area contributed by atoms with Crippen LogP contribution in [0.2, 0.25) is 0 Å².